The summed E-state index contributed by atoms with van der Waals surface area (Å²) >= 11 is 11.7. The molecule has 0 unspecified atom stereocenters. The lowest BCUT2D eigenvalue weighted by atomic mass is 10.1. The molecule has 3 rings (SSSR count). The monoisotopic (exact) mass is 654 g/mol. The van der Waals surface area contributed by atoms with Crippen molar-refractivity contribution in [1.29, 1.82) is 0 Å². The smallest absolute Gasteiger partial charge is 0.271 e. The van der Waals surface area contributed by atoms with Crippen LogP contribution in [0.3, 0.4) is 0 Å². The van der Waals surface area contributed by atoms with E-state index >= 15 is 4.39 Å². The molecule has 3 heterocycles. The van der Waals surface area contributed by atoms with Crippen LogP contribution in [0.25, 0.3) is 11.1 Å². The number of nitrogens with one attached hydrogen (secondary N) is 2. The molecule has 0 aliphatic rings. The minimum absolute atomic E-state index is 0.00753. The van der Waals surface area contributed by atoms with Gasteiger partial charge in [0.25, 0.3) is 5.91 Å². The van der Waals surface area contributed by atoms with Gasteiger partial charge in [-0.2, -0.15) is 9.49 Å². The molecule has 0 bridgehead atoms. The standard InChI is InChI=1S/C28H41Cl2FN8O3Si/c1-7-13-38-22(16-32-37-38)28(41)33-21(9-8-10-23(29)30)27(40)35-24-12-11-20(26(31)34-24)25-18(2)36-39(19(25)3)17-42-14-15-43(4,5)6/h11-12,16,21,23H,7-10,13-15,17H2,1-6H3,(H,33,41)(H,34,35,40)/t21-/m0/s1. The quantitative estimate of drug-likeness (QED) is 0.0874. The van der Waals surface area contributed by atoms with Gasteiger partial charge in [-0.25, -0.2) is 14.3 Å². The molecule has 236 valence electrons. The second-order valence-electron chi connectivity index (χ2n) is 11.6. The van der Waals surface area contributed by atoms with E-state index in [1.54, 1.807) is 17.7 Å². The molecule has 43 heavy (non-hydrogen) atoms. The highest BCUT2D eigenvalue weighted by Crippen LogP contribution is 2.29. The molecule has 0 aromatic carbocycles. The summed E-state index contributed by atoms with van der Waals surface area (Å²) in [4.78, 5) is 29.6. The second kappa shape index (κ2) is 15.7. The van der Waals surface area contributed by atoms with E-state index in [9.17, 15) is 9.59 Å². The van der Waals surface area contributed by atoms with Crippen LogP contribution in [-0.4, -0.2) is 67.1 Å². The third kappa shape index (κ3) is 10.1. The summed E-state index contributed by atoms with van der Waals surface area (Å²) in [5, 5.41) is 17.6. The summed E-state index contributed by atoms with van der Waals surface area (Å²) < 4.78 is 24.4. The Morgan fingerprint density at radius 3 is 2.53 bits per heavy atom. The number of hydrogen-bond acceptors (Lipinski definition) is 7. The lowest BCUT2D eigenvalue weighted by Crippen LogP contribution is -2.44. The molecule has 2 N–H and O–H groups in total. The Morgan fingerprint density at radius 1 is 1.14 bits per heavy atom. The van der Waals surface area contributed by atoms with E-state index in [1.165, 1.54) is 16.9 Å². The van der Waals surface area contributed by atoms with Crippen molar-refractivity contribution in [1.82, 2.24) is 35.1 Å². The zero-order valence-corrected chi connectivity index (χ0v) is 28.1. The summed E-state index contributed by atoms with van der Waals surface area (Å²) in [5.41, 5.74) is 2.50. The zero-order valence-electron chi connectivity index (χ0n) is 25.6. The van der Waals surface area contributed by atoms with Crippen molar-refractivity contribution in [3.63, 3.8) is 0 Å². The van der Waals surface area contributed by atoms with E-state index in [0.29, 0.717) is 37.3 Å². The van der Waals surface area contributed by atoms with Crippen molar-refractivity contribution < 1.29 is 18.7 Å². The first-order chi connectivity index (χ1) is 20.3. The molecule has 0 radical (unpaired) electrons. The SMILES string of the molecule is CCCn1nncc1C(=O)N[C@@H](CCCC(Cl)Cl)C(=O)Nc1ccc(-c2c(C)nn(COCC[Si](C)(C)C)c2C)c(F)n1. The van der Waals surface area contributed by atoms with E-state index in [1.807, 2.05) is 13.8 Å². The topological polar surface area (TPSA) is 129 Å². The number of pyridine rings is 1. The minimum atomic E-state index is -1.22. The Balaban J connectivity index is 1.73. The fourth-order valence-corrected chi connectivity index (χ4v) is 5.50. The van der Waals surface area contributed by atoms with Crippen molar-refractivity contribution in [2.24, 2.45) is 0 Å². The Labute approximate surface area is 262 Å². The summed E-state index contributed by atoms with van der Waals surface area (Å²) in [6, 6.07) is 3.15. The number of rotatable bonds is 16. The highest BCUT2D eigenvalue weighted by Gasteiger charge is 2.25. The number of carbonyl (C=O) groups is 2. The van der Waals surface area contributed by atoms with Gasteiger partial charge in [0.2, 0.25) is 11.9 Å². The Hall–Kier alpha value is -2.87. The zero-order chi connectivity index (χ0) is 31.7. The number of amides is 2. The molecule has 15 heteroatoms. The third-order valence-electron chi connectivity index (χ3n) is 6.78. The number of halogens is 3. The molecule has 0 spiro atoms. The lowest BCUT2D eigenvalue weighted by molar-refractivity contribution is -0.118. The van der Waals surface area contributed by atoms with Gasteiger partial charge in [-0.3, -0.25) is 9.59 Å². The first-order valence-electron chi connectivity index (χ1n) is 14.4. The third-order valence-corrected chi connectivity index (χ3v) is 8.92. The van der Waals surface area contributed by atoms with Gasteiger partial charge in [-0.15, -0.1) is 28.3 Å². The second-order valence-corrected chi connectivity index (χ2v) is 18.5. The molecule has 3 aromatic heterocycles. The summed E-state index contributed by atoms with van der Waals surface area (Å²) in [5.74, 6) is -1.81. The van der Waals surface area contributed by atoms with Gasteiger partial charge in [0.1, 0.15) is 29.1 Å². The number of ether oxygens (including phenoxy) is 1. The van der Waals surface area contributed by atoms with E-state index in [-0.39, 0.29) is 30.2 Å². The first kappa shape index (κ1) is 34.6. The number of aromatic nitrogens is 6. The molecular weight excluding hydrogens is 614 g/mol. The van der Waals surface area contributed by atoms with Crippen molar-refractivity contribution >= 4 is 48.9 Å². The summed E-state index contributed by atoms with van der Waals surface area (Å²) in [7, 11) is -1.22. The highest BCUT2D eigenvalue weighted by atomic mass is 35.5. The van der Waals surface area contributed by atoms with Crippen LogP contribution in [0.1, 0.15) is 54.5 Å². The van der Waals surface area contributed by atoms with Crippen molar-refractivity contribution in [2.45, 2.75) is 96.3 Å². The number of aryl methyl sites for hydroxylation is 2. The van der Waals surface area contributed by atoms with Crippen molar-refractivity contribution in [3.05, 3.63) is 41.4 Å². The molecule has 0 aliphatic heterocycles. The number of anilines is 1. The molecule has 1 atom stereocenters. The fourth-order valence-electron chi connectivity index (χ4n) is 4.43. The van der Waals surface area contributed by atoms with Gasteiger partial charge >= 0.3 is 0 Å². The van der Waals surface area contributed by atoms with Gasteiger partial charge in [0.05, 0.1) is 11.9 Å². The van der Waals surface area contributed by atoms with Crippen LogP contribution in [0.5, 0.6) is 0 Å². The molecule has 2 amide bonds. The average molecular weight is 656 g/mol. The summed E-state index contributed by atoms with van der Waals surface area (Å²) in [6.07, 6.45) is 3.23. The number of hydrogen-bond donors (Lipinski definition) is 2. The van der Waals surface area contributed by atoms with Gasteiger partial charge in [-0.05, 0) is 57.7 Å². The van der Waals surface area contributed by atoms with Crippen LogP contribution in [0, 0.1) is 19.8 Å². The average Bonchev–Trinajstić information content (AvgIpc) is 3.49. The maximum atomic E-state index is 15.4. The minimum Gasteiger partial charge on any atom is -0.360 e. The predicted octanol–water partition coefficient (Wildman–Crippen LogP) is 5.73. The van der Waals surface area contributed by atoms with E-state index in [2.05, 4.69) is 50.7 Å². The van der Waals surface area contributed by atoms with Gasteiger partial charge in [0.15, 0.2) is 0 Å². The maximum Gasteiger partial charge on any atom is 0.271 e. The van der Waals surface area contributed by atoms with Crippen LogP contribution in [0.4, 0.5) is 10.2 Å². The number of carbonyl (C=O) groups excluding carboxylic acids is 2. The highest BCUT2D eigenvalue weighted by molar-refractivity contribution is 6.76. The van der Waals surface area contributed by atoms with Crippen LogP contribution < -0.4 is 10.6 Å². The van der Waals surface area contributed by atoms with E-state index < -0.39 is 36.7 Å². The fraction of sp³-hybridized carbons (Fsp3) is 0.571. The Morgan fingerprint density at radius 2 is 1.88 bits per heavy atom. The lowest BCUT2D eigenvalue weighted by Gasteiger charge is -2.19. The van der Waals surface area contributed by atoms with E-state index in [4.69, 9.17) is 27.9 Å². The van der Waals surface area contributed by atoms with Crippen molar-refractivity contribution in [3.8, 4) is 11.1 Å². The van der Waals surface area contributed by atoms with Crippen LogP contribution in [0.2, 0.25) is 25.7 Å². The van der Waals surface area contributed by atoms with E-state index in [0.717, 1.165) is 18.2 Å². The molecule has 0 aliphatic carbocycles. The Kier molecular flexibility index (Phi) is 12.7. The van der Waals surface area contributed by atoms with Crippen LogP contribution in [-0.2, 0) is 22.8 Å². The van der Waals surface area contributed by atoms with Gasteiger partial charge in [0, 0.05) is 38.0 Å². The largest absolute Gasteiger partial charge is 0.360 e. The van der Waals surface area contributed by atoms with Crippen LogP contribution in [0.15, 0.2) is 18.3 Å². The molecule has 11 nitrogen and oxygen atoms in total. The number of alkyl halides is 2. The normalized spacial score (nSPS) is 12.5. The van der Waals surface area contributed by atoms with Gasteiger partial charge < -0.3 is 15.4 Å². The number of nitrogens with zero attached hydrogens (tertiary/aromatic N) is 6. The Bertz CT molecular complexity index is 1390. The molecule has 3 aromatic rings. The molecule has 0 saturated heterocycles. The molecule has 0 saturated carbocycles. The summed E-state index contributed by atoms with van der Waals surface area (Å²) in [6.45, 7) is 13.9. The maximum absolute atomic E-state index is 15.4. The molecular formula is C28H41Cl2FN8O3Si. The first-order valence-corrected chi connectivity index (χ1v) is 19.0. The predicted molar refractivity (Wildman–Crippen MR) is 169 cm³/mol. The van der Waals surface area contributed by atoms with Crippen molar-refractivity contribution in [2.75, 3.05) is 11.9 Å². The van der Waals surface area contributed by atoms with Gasteiger partial charge in [-0.1, -0.05) is 31.8 Å². The van der Waals surface area contributed by atoms with Crippen LogP contribution >= 0.6 is 23.2 Å². The molecule has 0 fully saturated rings.